The molecule has 0 aromatic heterocycles. The maximum absolute atomic E-state index is 9.94. The predicted molar refractivity (Wildman–Crippen MR) is 48.2 cm³/mol. The van der Waals surface area contributed by atoms with Crippen LogP contribution in [0.25, 0.3) is 0 Å². The summed E-state index contributed by atoms with van der Waals surface area (Å²) in [6.45, 7) is 6.81. The van der Waals surface area contributed by atoms with Crippen molar-refractivity contribution in [1.82, 2.24) is 0 Å². The van der Waals surface area contributed by atoms with E-state index in [9.17, 15) is 8.76 Å². The van der Waals surface area contributed by atoms with Crippen LogP contribution in [0.1, 0.15) is 40.0 Å². The SMILES string of the molecule is CC(C)(C)CCCCOS(=O)[O-]. The van der Waals surface area contributed by atoms with Gasteiger partial charge in [-0.15, -0.1) is 0 Å². The molecule has 4 heteroatoms. The Labute approximate surface area is 77.0 Å². The third-order valence-corrected chi connectivity index (χ3v) is 1.86. The fourth-order valence-electron chi connectivity index (χ4n) is 0.884. The van der Waals surface area contributed by atoms with E-state index in [4.69, 9.17) is 0 Å². The van der Waals surface area contributed by atoms with Gasteiger partial charge in [0.25, 0.3) is 0 Å². The topological polar surface area (TPSA) is 49.4 Å². The van der Waals surface area contributed by atoms with Crippen LogP contribution in [0.15, 0.2) is 0 Å². The summed E-state index contributed by atoms with van der Waals surface area (Å²) in [5, 5.41) is 0. The molecule has 0 N–H and O–H groups in total. The Kier molecular flexibility index (Phi) is 5.70. The lowest BCUT2D eigenvalue weighted by Gasteiger charge is -2.17. The zero-order chi connectivity index (χ0) is 9.61. The van der Waals surface area contributed by atoms with E-state index in [2.05, 4.69) is 25.0 Å². The van der Waals surface area contributed by atoms with Crippen molar-refractivity contribution < 1.29 is 12.9 Å². The lowest BCUT2D eigenvalue weighted by molar-refractivity contribution is 0.277. The Morgan fingerprint density at radius 1 is 1.33 bits per heavy atom. The van der Waals surface area contributed by atoms with E-state index >= 15 is 0 Å². The fraction of sp³-hybridized carbons (Fsp3) is 1.00. The van der Waals surface area contributed by atoms with Crippen LogP contribution in [-0.4, -0.2) is 15.4 Å². The standard InChI is InChI=1S/C8H18O3S/c1-8(2,3)6-4-5-7-11-12(9)10/h4-7H2,1-3H3,(H,9,10)/p-1. The summed E-state index contributed by atoms with van der Waals surface area (Å²) < 4.78 is 24.2. The zero-order valence-corrected chi connectivity index (χ0v) is 8.78. The van der Waals surface area contributed by atoms with Crippen LogP contribution in [0.4, 0.5) is 0 Å². The molecule has 0 rings (SSSR count). The van der Waals surface area contributed by atoms with Gasteiger partial charge in [0.05, 0.1) is 18.0 Å². The van der Waals surface area contributed by atoms with Gasteiger partial charge in [-0.3, -0.25) is 0 Å². The van der Waals surface area contributed by atoms with Gasteiger partial charge in [0.15, 0.2) is 0 Å². The normalized spacial score (nSPS) is 14.7. The molecule has 0 fully saturated rings. The van der Waals surface area contributed by atoms with Gasteiger partial charge in [-0.1, -0.05) is 27.2 Å². The van der Waals surface area contributed by atoms with Gasteiger partial charge < -0.3 is 8.74 Å². The maximum atomic E-state index is 9.94. The van der Waals surface area contributed by atoms with Crippen molar-refractivity contribution in [3.05, 3.63) is 0 Å². The van der Waals surface area contributed by atoms with Crippen LogP contribution in [0.5, 0.6) is 0 Å². The molecular formula is C8H17O3S-. The monoisotopic (exact) mass is 193 g/mol. The highest BCUT2D eigenvalue weighted by molar-refractivity contribution is 7.74. The molecule has 0 saturated heterocycles. The highest BCUT2D eigenvalue weighted by atomic mass is 32.2. The molecule has 74 valence electrons. The molecule has 1 unspecified atom stereocenters. The Balaban J connectivity index is 3.17. The number of rotatable bonds is 5. The molecule has 0 aromatic rings. The first-order valence-electron chi connectivity index (χ1n) is 4.14. The molecule has 0 saturated carbocycles. The van der Waals surface area contributed by atoms with Crippen molar-refractivity contribution in [1.29, 1.82) is 0 Å². The summed E-state index contributed by atoms with van der Waals surface area (Å²) in [5.74, 6) is 0. The Morgan fingerprint density at radius 3 is 2.33 bits per heavy atom. The molecule has 0 aliphatic rings. The van der Waals surface area contributed by atoms with Gasteiger partial charge in [-0.2, -0.15) is 0 Å². The van der Waals surface area contributed by atoms with E-state index in [0.29, 0.717) is 12.0 Å². The van der Waals surface area contributed by atoms with Gasteiger partial charge in [0.1, 0.15) is 0 Å². The predicted octanol–water partition coefficient (Wildman–Crippen LogP) is 2.01. The third kappa shape index (κ3) is 10.1. The van der Waals surface area contributed by atoms with Crippen LogP contribution in [0, 0.1) is 5.41 Å². The minimum Gasteiger partial charge on any atom is -0.750 e. The molecule has 1 atom stereocenters. The van der Waals surface area contributed by atoms with E-state index in [1.807, 2.05) is 0 Å². The molecular weight excluding hydrogens is 176 g/mol. The molecule has 3 nitrogen and oxygen atoms in total. The quantitative estimate of drug-likeness (QED) is 0.495. The van der Waals surface area contributed by atoms with Crippen molar-refractivity contribution in [3.63, 3.8) is 0 Å². The van der Waals surface area contributed by atoms with Gasteiger partial charge in [0, 0.05) is 0 Å². The first-order chi connectivity index (χ1) is 5.42. The molecule has 0 aromatic carbocycles. The zero-order valence-electron chi connectivity index (χ0n) is 7.96. The van der Waals surface area contributed by atoms with Gasteiger partial charge in [0.2, 0.25) is 0 Å². The molecule has 0 amide bonds. The molecule has 0 heterocycles. The Morgan fingerprint density at radius 2 is 1.92 bits per heavy atom. The number of hydrogen-bond acceptors (Lipinski definition) is 3. The first-order valence-corrected chi connectivity index (χ1v) is 5.14. The van der Waals surface area contributed by atoms with Crippen molar-refractivity contribution in [2.75, 3.05) is 6.61 Å². The number of unbranched alkanes of at least 4 members (excludes halogenated alkanes) is 1. The van der Waals surface area contributed by atoms with Crippen molar-refractivity contribution in [2.24, 2.45) is 5.41 Å². The average Bonchev–Trinajstić information content (AvgIpc) is 1.83. The minimum absolute atomic E-state index is 0.312. The molecule has 0 aliphatic carbocycles. The lowest BCUT2D eigenvalue weighted by atomic mass is 9.90. The van der Waals surface area contributed by atoms with Gasteiger partial charge in [-0.05, 0) is 18.3 Å². The lowest BCUT2D eigenvalue weighted by Crippen LogP contribution is -2.05. The van der Waals surface area contributed by atoms with Crippen LogP contribution in [-0.2, 0) is 15.5 Å². The molecule has 12 heavy (non-hydrogen) atoms. The van der Waals surface area contributed by atoms with E-state index in [-0.39, 0.29) is 0 Å². The van der Waals surface area contributed by atoms with Crippen molar-refractivity contribution in [2.45, 2.75) is 40.0 Å². The van der Waals surface area contributed by atoms with E-state index in [1.165, 1.54) is 0 Å². The Hall–Kier alpha value is 0.0700. The molecule has 0 spiro atoms. The van der Waals surface area contributed by atoms with Crippen LogP contribution in [0.2, 0.25) is 0 Å². The summed E-state index contributed by atoms with van der Waals surface area (Å²) in [6.07, 6.45) is 2.92. The minimum atomic E-state index is -2.34. The smallest absolute Gasteiger partial charge is 0.0842 e. The fourth-order valence-corrected chi connectivity index (χ4v) is 1.14. The third-order valence-electron chi connectivity index (χ3n) is 1.50. The van der Waals surface area contributed by atoms with Crippen LogP contribution < -0.4 is 0 Å². The van der Waals surface area contributed by atoms with Crippen LogP contribution >= 0.6 is 0 Å². The molecule has 0 radical (unpaired) electrons. The van der Waals surface area contributed by atoms with Crippen molar-refractivity contribution >= 4 is 11.4 Å². The second-order valence-electron chi connectivity index (χ2n) is 4.04. The van der Waals surface area contributed by atoms with Gasteiger partial charge >= 0.3 is 0 Å². The van der Waals surface area contributed by atoms with Crippen molar-refractivity contribution in [3.8, 4) is 0 Å². The molecule has 0 aliphatic heterocycles. The second kappa shape index (κ2) is 5.67. The largest absolute Gasteiger partial charge is 0.750 e. The summed E-state index contributed by atoms with van der Waals surface area (Å²) >= 11 is -2.34. The first kappa shape index (κ1) is 12.1. The molecule has 0 bridgehead atoms. The average molecular weight is 193 g/mol. The van der Waals surface area contributed by atoms with E-state index in [0.717, 1.165) is 19.3 Å². The van der Waals surface area contributed by atoms with E-state index < -0.39 is 11.4 Å². The van der Waals surface area contributed by atoms with Crippen LogP contribution in [0.3, 0.4) is 0 Å². The summed E-state index contributed by atoms with van der Waals surface area (Å²) in [5.41, 5.74) is 0.330. The highest BCUT2D eigenvalue weighted by Crippen LogP contribution is 2.21. The second-order valence-corrected chi connectivity index (χ2v) is 4.69. The highest BCUT2D eigenvalue weighted by Gasteiger charge is 2.08. The number of hydrogen-bond donors (Lipinski definition) is 0. The summed E-state index contributed by atoms with van der Waals surface area (Å²) in [7, 11) is 0. The maximum Gasteiger partial charge on any atom is 0.0842 e. The Bertz CT molecular complexity index is 140. The summed E-state index contributed by atoms with van der Waals surface area (Å²) in [6, 6.07) is 0. The van der Waals surface area contributed by atoms with Gasteiger partial charge in [-0.25, -0.2) is 4.21 Å². The van der Waals surface area contributed by atoms with E-state index in [1.54, 1.807) is 0 Å². The summed E-state index contributed by atoms with van der Waals surface area (Å²) in [4.78, 5) is 0.